The fourth-order valence-electron chi connectivity index (χ4n) is 2.50. The molecule has 0 bridgehead atoms. The topological polar surface area (TPSA) is 90.4 Å². The van der Waals surface area contributed by atoms with Crippen LogP contribution in [0.2, 0.25) is 0 Å². The molecule has 1 unspecified atom stereocenters. The Bertz CT molecular complexity index is 959. The average Bonchev–Trinajstić information content (AvgIpc) is 3.20. The first-order valence-corrected chi connectivity index (χ1v) is 9.51. The third kappa shape index (κ3) is 4.52. The number of thiazole rings is 1. The van der Waals surface area contributed by atoms with Crippen LogP contribution in [0.15, 0.2) is 54.2 Å². The molecular weight excluding hydrogens is 378 g/mol. The van der Waals surface area contributed by atoms with Gasteiger partial charge in [0, 0.05) is 23.3 Å². The van der Waals surface area contributed by atoms with Crippen LogP contribution in [-0.4, -0.2) is 35.1 Å². The highest BCUT2D eigenvalue weighted by Gasteiger charge is 2.23. The fraction of sp³-hybridized carbons (Fsp3) is 0.200. The lowest BCUT2D eigenvalue weighted by molar-refractivity contribution is -0.124. The quantitative estimate of drug-likeness (QED) is 0.610. The molecule has 1 N–H and O–H groups in total. The number of carbonyl (C=O) groups is 2. The van der Waals surface area contributed by atoms with Crippen molar-refractivity contribution >= 4 is 28.3 Å². The highest BCUT2D eigenvalue weighted by molar-refractivity contribution is 7.14. The van der Waals surface area contributed by atoms with E-state index in [1.165, 1.54) is 17.5 Å². The summed E-state index contributed by atoms with van der Waals surface area (Å²) in [5.74, 6) is -0.327. The molecule has 0 fully saturated rings. The van der Waals surface area contributed by atoms with E-state index in [0.29, 0.717) is 28.6 Å². The van der Waals surface area contributed by atoms with Crippen molar-refractivity contribution in [1.82, 2.24) is 9.97 Å². The maximum Gasteiger partial charge on any atom is 0.340 e. The first-order chi connectivity index (χ1) is 13.6. The molecule has 0 saturated carbocycles. The third-order valence-corrected chi connectivity index (χ3v) is 4.68. The molecule has 7 nitrogen and oxygen atoms in total. The number of methoxy groups -OCH3 is 1. The van der Waals surface area contributed by atoms with Gasteiger partial charge in [-0.15, -0.1) is 11.3 Å². The Balaban J connectivity index is 1.68. The van der Waals surface area contributed by atoms with Gasteiger partial charge in [0.25, 0.3) is 5.91 Å². The van der Waals surface area contributed by atoms with Crippen molar-refractivity contribution in [2.75, 3.05) is 12.4 Å². The van der Waals surface area contributed by atoms with Gasteiger partial charge in [-0.2, -0.15) is 0 Å². The summed E-state index contributed by atoms with van der Waals surface area (Å²) in [6, 6.07) is 10.7. The van der Waals surface area contributed by atoms with Crippen molar-refractivity contribution in [3.8, 4) is 17.0 Å². The predicted molar refractivity (Wildman–Crippen MR) is 106 cm³/mol. The molecule has 2 heterocycles. The number of hydrogen-bond acceptors (Lipinski definition) is 7. The largest absolute Gasteiger partial charge is 0.496 e. The summed E-state index contributed by atoms with van der Waals surface area (Å²) in [6.45, 7) is 1.77. The van der Waals surface area contributed by atoms with E-state index in [1.54, 1.807) is 32.4 Å². The molecule has 0 spiro atoms. The molecule has 2 aromatic heterocycles. The Morgan fingerprint density at radius 2 is 2.04 bits per heavy atom. The van der Waals surface area contributed by atoms with Crippen LogP contribution in [-0.2, 0) is 9.53 Å². The van der Waals surface area contributed by atoms with E-state index in [-0.39, 0.29) is 0 Å². The van der Waals surface area contributed by atoms with Gasteiger partial charge in [0.1, 0.15) is 5.75 Å². The highest BCUT2D eigenvalue weighted by Crippen LogP contribution is 2.31. The Morgan fingerprint density at radius 1 is 1.21 bits per heavy atom. The number of para-hydroxylation sites is 1. The van der Waals surface area contributed by atoms with Crippen LogP contribution < -0.4 is 10.1 Å². The standard InChI is InChI=1S/C20H19N3O4S/c1-3-16(27-19(25)13-7-6-10-21-11-13)18(24)23-20-22-15(12-28-20)14-8-4-5-9-17(14)26-2/h4-12,16H,3H2,1-2H3,(H,22,23,24). The summed E-state index contributed by atoms with van der Waals surface area (Å²) >= 11 is 1.29. The van der Waals surface area contributed by atoms with E-state index in [4.69, 9.17) is 9.47 Å². The number of pyridine rings is 1. The van der Waals surface area contributed by atoms with Crippen molar-refractivity contribution in [2.45, 2.75) is 19.4 Å². The molecular formula is C20H19N3O4S. The second kappa shape index (κ2) is 9.09. The van der Waals surface area contributed by atoms with E-state index in [1.807, 2.05) is 29.6 Å². The van der Waals surface area contributed by atoms with Crippen LogP contribution in [0.4, 0.5) is 5.13 Å². The lowest BCUT2D eigenvalue weighted by Crippen LogP contribution is -2.32. The number of nitrogens with one attached hydrogen (secondary N) is 1. The van der Waals surface area contributed by atoms with Crippen LogP contribution in [0, 0.1) is 0 Å². The number of amides is 1. The van der Waals surface area contributed by atoms with Crippen LogP contribution in [0.3, 0.4) is 0 Å². The van der Waals surface area contributed by atoms with Gasteiger partial charge in [-0.05, 0) is 30.7 Å². The van der Waals surface area contributed by atoms with Gasteiger partial charge in [0.05, 0.1) is 18.4 Å². The van der Waals surface area contributed by atoms with E-state index in [0.717, 1.165) is 5.56 Å². The number of esters is 1. The smallest absolute Gasteiger partial charge is 0.340 e. The number of ether oxygens (including phenoxy) is 2. The van der Waals surface area contributed by atoms with E-state index >= 15 is 0 Å². The molecule has 0 aliphatic carbocycles. The number of anilines is 1. The third-order valence-electron chi connectivity index (χ3n) is 3.93. The summed E-state index contributed by atoms with van der Waals surface area (Å²) in [5.41, 5.74) is 1.82. The van der Waals surface area contributed by atoms with Crippen LogP contribution in [0.5, 0.6) is 5.75 Å². The molecule has 0 aliphatic rings. The van der Waals surface area contributed by atoms with Crippen molar-refractivity contribution in [1.29, 1.82) is 0 Å². The lowest BCUT2D eigenvalue weighted by atomic mass is 10.1. The predicted octanol–water partition coefficient (Wildman–Crippen LogP) is 3.79. The minimum Gasteiger partial charge on any atom is -0.496 e. The number of nitrogens with zero attached hydrogens (tertiary/aromatic N) is 2. The van der Waals surface area contributed by atoms with Crippen molar-refractivity contribution in [3.63, 3.8) is 0 Å². The van der Waals surface area contributed by atoms with Crippen LogP contribution >= 0.6 is 11.3 Å². The normalized spacial score (nSPS) is 11.5. The first kappa shape index (κ1) is 19.5. The Hall–Kier alpha value is -3.26. The monoisotopic (exact) mass is 397 g/mol. The van der Waals surface area contributed by atoms with E-state index in [2.05, 4.69) is 15.3 Å². The Labute approximate surface area is 166 Å². The number of benzene rings is 1. The van der Waals surface area contributed by atoms with Crippen molar-refractivity contribution < 1.29 is 19.1 Å². The van der Waals surface area contributed by atoms with Crippen LogP contribution in [0.1, 0.15) is 23.7 Å². The maximum atomic E-state index is 12.5. The number of rotatable bonds is 7. The lowest BCUT2D eigenvalue weighted by Gasteiger charge is -2.15. The molecule has 0 saturated heterocycles. The molecule has 3 rings (SSSR count). The van der Waals surface area contributed by atoms with Gasteiger partial charge >= 0.3 is 5.97 Å². The van der Waals surface area contributed by atoms with E-state index < -0.39 is 18.0 Å². The van der Waals surface area contributed by atoms with E-state index in [9.17, 15) is 9.59 Å². The van der Waals surface area contributed by atoms with Gasteiger partial charge in [-0.1, -0.05) is 19.1 Å². The zero-order valence-electron chi connectivity index (χ0n) is 15.4. The van der Waals surface area contributed by atoms with Gasteiger partial charge < -0.3 is 9.47 Å². The molecule has 0 aliphatic heterocycles. The first-order valence-electron chi connectivity index (χ1n) is 8.63. The summed E-state index contributed by atoms with van der Waals surface area (Å²) in [7, 11) is 1.59. The molecule has 1 aromatic carbocycles. The SMILES string of the molecule is CCC(OC(=O)c1cccnc1)C(=O)Nc1nc(-c2ccccc2OC)cs1. The zero-order valence-corrected chi connectivity index (χ0v) is 16.2. The minimum absolute atomic E-state index is 0.293. The Morgan fingerprint density at radius 3 is 2.75 bits per heavy atom. The van der Waals surface area contributed by atoms with Gasteiger partial charge in [0.15, 0.2) is 11.2 Å². The summed E-state index contributed by atoms with van der Waals surface area (Å²) < 4.78 is 10.7. The molecule has 144 valence electrons. The second-order valence-electron chi connectivity index (χ2n) is 5.77. The average molecular weight is 397 g/mol. The molecule has 8 heteroatoms. The van der Waals surface area contributed by atoms with Crippen molar-refractivity contribution in [3.05, 3.63) is 59.7 Å². The zero-order chi connectivity index (χ0) is 19.9. The molecule has 1 atom stereocenters. The second-order valence-corrected chi connectivity index (χ2v) is 6.63. The molecule has 3 aromatic rings. The van der Waals surface area contributed by atoms with Gasteiger partial charge in [-0.3, -0.25) is 15.1 Å². The Kier molecular flexibility index (Phi) is 6.33. The van der Waals surface area contributed by atoms with Crippen molar-refractivity contribution in [2.24, 2.45) is 0 Å². The molecule has 28 heavy (non-hydrogen) atoms. The number of aromatic nitrogens is 2. The minimum atomic E-state index is -0.925. The number of hydrogen-bond donors (Lipinski definition) is 1. The number of carbonyl (C=O) groups excluding carboxylic acids is 2. The molecule has 1 amide bonds. The van der Waals surface area contributed by atoms with Gasteiger partial charge in [-0.25, -0.2) is 9.78 Å². The maximum absolute atomic E-state index is 12.5. The van der Waals surface area contributed by atoms with Gasteiger partial charge in [0.2, 0.25) is 0 Å². The summed E-state index contributed by atoms with van der Waals surface area (Å²) in [4.78, 5) is 33.0. The van der Waals surface area contributed by atoms with Crippen LogP contribution in [0.25, 0.3) is 11.3 Å². The fourth-order valence-corrected chi connectivity index (χ4v) is 3.21. The highest BCUT2D eigenvalue weighted by atomic mass is 32.1. The molecule has 0 radical (unpaired) electrons. The summed E-state index contributed by atoms with van der Waals surface area (Å²) in [6.07, 6.45) is 2.37. The summed E-state index contributed by atoms with van der Waals surface area (Å²) in [5, 5.41) is 4.96.